The number of amides is 1. The lowest BCUT2D eigenvalue weighted by Gasteiger charge is -2.31. The van der Waals surface area contributed by atoms with Crippen molar-refractivity contribution in [2.45, 2.75) is 25.3 Å². The molecule has 1 amide bonds. The Hall–Kier alpha value is -3.02. The molecule has 0 unspecified atom stereocenters. The van der Waals surface area contributed by atoms with E-state index in [2.05, 4.69) is 44.5 Å². The number of aromatic nitrogens is 3. The molecule has 6 heteroatoms. The van der Waals surface area contributed by atoms with Gasteiger partial charge in [-0.3, -0.25) is 4.79 Å². The molecule has 27 heavy (non-hydrogen) atoms. The van der Waals surface area contributed by atoms with Gasteiger partial charge in [0, 0.05) is 56.0 Å². The molecular formula is C21H25N5O. The van der Waals surface area contributed by atoms with Crippen LogP contribution < -0.4 is 10.2 Å². The Morgan fingerprint density at radius 1 is 1.22 bits per heavy atom. The Labute approximate surface area is 159 Å². The van der Waals surface area contributed by atoms with Crippen molar-refractivity contribution in [3.05, 3.63) is 72.6 Å². The molecule has 1 aromatic carbocycles. The summed E-state index contributed by atoms with van der Waals surface area (Å²) in [7, 11) is 0. The molecule has 1 aliphatic rings. The normalized spacial score (nSPS) is 14.6. The number of hydrogen-bond acceptors (Lipinski definition) is 3. The highest BCUT2D eigenvalue weighted by Gasteiger charge is 2.21. The van der Waals surface area contributed by atoms with Crippen molar-refractivity contribution < 1.29 is 4.79 Å². The van der Waals surface area contributed by atoms with Crippen LogP contribution in [0, 0.1) is 0 Å². The van der Waals surface area contributed by atoms with E-state index in [9.17, 15) is 4.79 Å². The largest absolute Gasteiger partial charge is 0.370 e. The summed E-state index contributed by atoms with van der Waals surface area (Å²) in [4.78, 5) is 22.4. The third-order valence-electron chi connectivity index (χ3n) is 5.15. The van der Waals surface area contributed by atoms with Gasteiger partial charge in [-0.2, -0.15) is 0 Å². The van der Waals surface area contributed by atoms with Crippen LogP contribution >= 0.6 is 0 Å². The Morgan fingerprint density at radius 2 is 2.07 bits per heavy atom. The number of fused-ring (bicyclic) bond motifs is 1. The smallest absolute Gasteiger partial charge is 0.243 e. The number of H-pyrrole nitrogens is 1. The zero-order valence-electron chi connectivity index (χ0n) is 15.3. The summed E-state index contributed by atoms with van der Waals surface area (Å²) in [5.41, 5.74) is 3.66. The highest BCUT2D eigenvalue weighted by atomic mass is 16.2. The second-order valence-electron chi connectivity index (χ2n) is 6.94. The van der Waals surface area contributed by atoms with Crippen molar-refractivity contribution in [1.29, 1.82) is 0 Å². The fraction of sp³-hybridized carbons (Fsp3) is 0.333. The van der Waals surface area contributed by atoms with Gasteiger partial charge >= 0.3 is 0 Å². The van der Waals surface area contributed by atoms with Crippen molar-refractivity contribution >= 4 is 11.6 Å². The first-order chi connectivity index (χ1) is 13.3. The molecule has 0 fully saturated rings. The van der Waals surface area contributed by atoms with Gasteiger partial charge in [-0.25, -0.2) is 4.98 Å². The molecule has 0 aliphatic carbocycles. The van der Waals surface area contributed by atoms with E-state index in [1.54, 1.807) is 12.5 Å². The van der Waals surface area contributed by atoms with Crippen LogP contribution in [0.3, 0.4) is 0 Å². The van der Waals surface area contributed by atoms with E-state index in [0.29, 0.717) is 13.0 Å². The van der Waals surface area contributed by atoms with Gasteiger partial charge in [0.05, 0.1) is 6.33 Å². The molecule has 2 aromatic heterocycles. The van der Waals surface area contributed by atoms with Crippen LogP contribution in [0.2, 0.25) is 0 Å². The predicted molar refractivity (Wildman–Crippen MR) is 106 cm³/mol. The van der Waals surface area contributed by atoms with Gasteiger partial charge in [0.1, 0.15) is 6.04 Å². The van der Waals surface area contributed by atoms with E-state index in [1.165, 1.54) is 11.3 Å². The zero-order chi connectivity index (χ0) is 18.5. The first kappa shape index (κ1) is 17.4. The van der Waals surface area contributed by atoms with E-state index >= 15 is 0 Å². The fourth-order valence-corrected chi connectivity index (χ4v) is 3.77. The Kier molecular flexibility index (Phi) is 5.23. The standard InChI is InChI=1S/C21H25N5O/c27-21(20(25-10-3-4-11-25)14-18-15-22-16-24-18)23-9-13-26-12-5-7-17-6-1-2-8-19(17)26/h1-4,6,8,10-11,15-16,20H,5,7,9,12-14H2,(H,22,24)(H,23,27)/t20-/m0/s1. The number of para-hydroxylation sites is 1. The summed E-state index contributed by atoms with van der Waals surface area (Å²) in [6.07, 6.45) is 10.2. The summed E-state index contributed by atoms with van der Waals surface area (Å²) in [5, 5.41) is 3.13. The van der Waals surface area contributed by atoms with Gasteiger partial charge in [-0.1, -0.05) is 18.2 Å². The number of imidazole rings is 1. The lowest BCUT2D eigenvalue weighted by atomic mass is 10.0. The number of anilines is 1. The van der Waals surface area contributed by atoms with E-state index in [4.69, 9.17) is 0 Å². The van der Waals surface area contributed by atoms with Gasteiger partial charge < -0.3 is 19.8 Å². The van der Waals surface area contributed by atoms with E-state index in [0.717, 1.165) is 31.6 Å². The van der Waals surface area contributed by atoms with Gasteiger partial charge in [0.15, 0.2) is 0 Å². The van der Waals surface area contributed by atoms with E-state index < -0.39 is 0 Å². The molecule has 6 nitrogen and oxygen atoms in total. The molecule has 140 valence electrons. The average molecular weight is 363 g/mol. The van der Waals surface area contributed by atoms with Gasteiger partial charge in [-0.05, 0) is 36.6 Å². The van der Waals surface area contributed by atoms with Crippen molar-refractivity contribution in [2.75, 3.05) is 24.5 Å². The Balaban J connectivity index is 1.37. The summed E-state index contributed by atoms with van der Waals surface area (Å²) in [6, 6.07) is 12.2. The average Bonchev–Trinajstić information content (AvgIpc) is 3.40. The highest BCUT2D eigenvalue weighted by Crippen LogP contribution is 2.26. The number of nitrogens with one attached hydrogen (secondary N) is 2. The SMILES string of the molecule is O=C(NCCN1CCCc2ccccc21)[C@H](Cc1cnc[nH]1)n1cccc1. The van der Waals surface area contributed by atoms with E-state index in [1.807, 2.05) is 29.1 Å². The Morgan fingerprint density at radius 3 is 2.89 bits per heavy atom. The van der Waals surface area contributed by atoms with Crippen LogP contribution in [0.1, 0.15) is 23.7 Å². The van der Waals surface area contributed by atoms with Crippen LogP contribution in [-0.4, -0.2) is 40.1 Å². The third-order valence-corrected chi connectivity index (χ3v) is 5.15. The molecule has 1 aliphatic heterocycles. The fourth-order valence-electron chi connectivity index (χ4n) is 3.77. The van der Waals surface area contributed by atoms with Crippen LogP contribution in [0.15, 0.2) is 61.3 Å². The molecule has 0 spiro atoms. The molecule has 3 aromatic rings. The molecule has 1 atom stereocenters. The summed E-state index contributed by atoms with van der Waals surface area (Å²) in [6.45, 7) is 2.50. The monoisotopic (exact) mass is 363 g/mol. The van der Waals surface area contributed by atoms with Crippen molar-refractivity contribution in [3.63, 3.8) is 0 Å². The van der Waals surface area contributed by atoms with Crippen LogP contribution in [-0.2, 0) is 17.6 Å². The van der Waals surface area contributed by atoms with Crippen LogP contribution in [0.25, 0.3) is 0 Å². The third kappa shape index (κ3) is 4.05. The maximum atomic E-state index is 12.9. The van der Waals surface area contributed by atoms with Gasteiger partial charge in [0.25, 0.3) is 0 Å². The number of hydrogen-bond donors (Lipinski definition) is 2. The van der Waals surface area contributed by atoms with Crippen molar-refractivity contribution in [3.8, 4) is 0 Å². The predicted octanol–water partition coefficient (Wildman–Crippen LogP) is 2.56. The second kappa shape index (κ2) is 8.12. The first-order valence-electron chi connectivity index (χ1n) is 9.51. The topological polar surface area (TPSA) is 66.0 Å². The van der Waals surface area contributed by atoms with Crippen molar-refractivity contribution in [1.82, 2.24) is 19.9 Å². The summed E-state index contributed by atoms with van der Waals surface area (Å²) in [5.74, 6) is 0.0334. The zero-order valence-corrected chi connectivity index (χ0v) is 15.3. The number of carbonyl (C=O) groups excluding carboxylic acids is 1. The van der Waals surface area contributed by atoms with Crippen LogP contribution in [0.5, 0.6) is 0 Å². The highest BCUT2D eigenvalue weighted by molar-refractivity contribution is 5.80. The number of aryl methyl sites for hydroxylation is 1. The van der Waals surface area contributed by atoms with Crippen LogP contribution in [0.4, 0.5) is 5.69 Å². The number of nitrogens with zero attached hydrogens (tertiary/aromatic N) is 3. The quantitative estimate of drug-likeness (QED) is 0.678. The van der Waals surface area contributed by atoms with Gasteiger partial charge in [0.2, 0.25) is 5.91 Å². The minimum atomic E-state index is -0.283. The summed E-state index contributed by atoms with van der Waals surface area (Å²) >= 11 is 0. The van der Waals surface area contributed by atoms with Crippen molar-refractivity contribution in [2.24, 2.45) is 0 Å². The summed E-state index contributed by atoms with van der Waals surface area (Å²) < 4.78 is 1.95. The molecular weight excluding hydrogens is 338 g/mol. The number of carbonyl (C=O) groups is 1. The minimum Gasteiger partial charge on any atom is -0.370 e. The number of rotatable bonds is 7. The number of benzene rings is 1. The first-order valence-corrected chi connectivity index (χ1v) is 9.51. The lowest BCUT2D eigenvalue weighted by molar-refractivity contribution is -0.124. The molecule has 2 N–H and O–H groups in total. The maximum Gasteiger partial charge on any atom is 0.243 e. The Bertz CT molecular complexity index is 857. The number of aromatic amines is 1. The molecule has 0 radical (unpaired) electrons. The second-order valence-corrected chi connectivity index (χ2v) is 6.94. The minimum absolute atomic E-state index is 0.0334. The molecule has 0 bridgehead atoms. The molecule has 3 heterocycles. The maximum absolute atomic E-state index is 12.9. The lowest BCUT2D eigenvalue weighted by Crippen LogP contribution is -2.40. The molecule has 0 saturated carbocycles. The molecule has 4 rings (SSSR count). The van der Waals surface area contributed by atoms with Gasteiger partial charge in [-0.15, -0.1) is 0 Å². The van der Waals surface area contributed by atoms with E-state index in [-0.39, 0.29) is 11.9 Å². The molecule has 0 saturated heterocycles.